The molecule has 2 rings (SSSR count). The Hall–Kier alpha value is -2.43. The standard InChI is InChI=1S/C19H26N4O/c1-4-14-22(15-5-2)19(24)17-12-13-18(21-20-17)23(6-3)16-10-8-7-9-11-16/h7-13H,4-6,14-15H2,1-3H3. The first-order valence-electron chi connectivity index (χ1n) is 8.66. The van der Waals surface area contributed by atoms with Gasteiger partial charge in [0.15, 0.2) is 11.5 Å². The van der Waals surface area contributed by atoms with Gasteiger partial charge in [-0.3, -0.25) is 4.79 Å². The molecule has 0 saturated carbocycles. The minimum atomic E-state index is -0.0412. The van der Waals surface area contributed by atoms with Crippen LogP contribution in [0.3, 0.4) is 0 Å². The summed E-state index contributed by atoms with van der Waals surface area (Å²) < 4.78 is 0. The van der Waals surface area contributed by atoms with Crippen LogP contribution >= 0.6 is 0 Å². The number of rotatable bonds is 8. The molecule has 0 unspecified atom stereocenters. The van der Waals surface area contributed by atoms with Crippen LogP contribution in [0.4, 0.5) is 11.5 Å². The number of aromatic nitrogens is 2. The fourth-order valence-corrected chi connectivity index (χ4v) is 2.68. The fraction of sp³-hybridized carbons (Fsp3) is 0.421. The number of carbonyl (C=O) groups excluding carboxylic acids is 1. The van der Waals surface area contributed by atoms with Gasteiger partial charge in [-0.25, -0.2) is 0 Å². The summed E-state index contributed by atoms with van der Waals surface area (Å²) >= 11 is 0. The first-order valence-corrected chi connectivity index (χ1v) is 8.66. The van der Waals surface area contributed by atoms with Gasteiger partial charge in [0, 0.05) is 25.3 Å². The fourth-order valence-electron chi connectivity index (χ4n) is 2.68. The zero-order valence-electron chi connectivity index (χ0n) is 14.8. The maximum Gasteiger partial charge on any atom is 0.274 e. The topological polar surface area (TPSA) is 49.3 Å². The molecule has 0 bridgehead atoms. The maximum absolute atomic E-state index is 12.6. The summed E-state index contributed by atoms with van der Waals surface area (Å²) in [7, 11) is 0. The predicted molar refractivity (Wildman–Crippen MR) is 97.6 cm³/mol. The minimum Gasteiger partial charge on any atom is -0.337 e. The van der Waals surface area contributed by atoms with Gasteiger partial charge in [0.25, 0.3) is 5.91 Å². The van der Waals surface area contributed by atoms with E-state index >= 15 is 0 Å². The Morgan fingerprint density at radius 3 is 2.08 bits per heavy atom. The van der Waals surface area contributed by atoms with Gasteiger partial charge >= 0.3 is 0 Å². The van der Waals surface area contributed by atoms with Crippen LogP contribution in [-0.4, -0.2) is 40.6 Å². The van der Waals surface area contributed by atoms with Gasteiger partial charge in [0.1, 0.15) is 0 Å². The number of hydrogen-bond donors (Lipinski definition) is 0. The van der Waals surface area contributed by atoms with Crippen LogP contribution in [0.2, 0.25) is 0 Å². The molecule has 0 aliphatic carbocycles. The molecule has 0 atom stereocenters. The minimum absolute atomic E-state index is 0.0412. The molecule has 0 spiro atoms. The summed E-state index contributed by atoms with van der Waals surface area (Å²) in [6, 6.07) is 13.7. The van der Waals surface area contributed by atoms with E-state index in [1.807, 2.05) is 41.3 Å². The first-order chi connectivity index (χ1) is 11.7. The Kier molecular flexibility index (Phi) is 6.73. The van der Waals surface area contributed by atoms with Crippen molar-refractivity contribution in [1.29, 1.82) is 0 Å². The van der Waals surface area contributed by atoms with Crippen molar-refractivity contribution in [2.75, 3.05) is 24.5 Å². The van der Waals surface area contributed by atoms with Gasteiger partial charge < -0.3 is 9.80 Å². The highest BCUT2D eigenvalue weighted by molar-refractivity contribution is 5.92. The van der Waals surface area contributed by atoms with E-state index in [0.717, 1.165) is 44.0 Å². The third-order valence-corrected chi connectivity index (χ3v) is 3.80. The molecule has 128 valence electrons. The normalized spacial score (nSPS) is 10.5. The zero-order valence-corrected chi connectivity index (χ0v) is 14.8. The molecule has 1 aromatic heterocycles. The number of carbonyl (C=O) groups is 1. The van der Waals surface area contributed by atoms with Crippen LogP contribution < -0.4 is 4.90 Å². The maximum atomic E-state index is 12.6. The van der Waals surface area contributed by atoms with Crippen LogP contribution in [0.5, 0.6) is 0 Å². The van der Waals surface area contributed by atoms with E-state index in [1.165, 1.54) is 0 Å². The molecule has 0 aliphatic heterocycles. The lowest BCUT2D eigenvalue weighted by molar-refractivity contribution is 0.0748. The van der Waals surface area contributed by atoms with Gasteiger partial charge in [-0.05, 0) is 44.0 Å². The average Bonchev–Trinajstić information content (AvgIpc) is 2.63. The van der Waals surface area contributed by atoms with E-state index in [9.17, 15) is 4.79 Å². The molecule has 1 amide bonds. The molecule has 24 heavy (non-hydrogen) atoms. The number of para-hydroxylation sites is 1. The second-order valence-corrected chi connectivity index (χ2v) is 5.65. The highest BCUT2D eigenvalue weighted by atomic mass is 16.2. The zero-order chi connectivity index (χ0) is 17.4. The number of nitrogens with zero attached hydrogens (tertiary/aromatic N) is 4. The Labute approximate surface area is 144 Å². The summed E-state index contributed by atoms with van der Waals surface area (Å²) in [6.45, 7) is 8.50. The van der Waals surface area contributed by atoms with Gasteiger partial charge in [0.2, 0.25) is 0 Å². The van der Waals surface area contributed by atoms with Crippen molar-refractivity contribution in [3.63, 3.8) is 0 Å². The Morgan fingerprint density at radius 1 is 0.917 bits per heavy atom. The molecule has 0 saturated heterocycles. The number of amides is 1. The quantitative estimate of drug-likeness (QED) is 0.738. The molecule has 2 aromatic rings. The van der Waals surface area contributed by atoms with Crippen molar-refractivity contribution in [1.82, 2.24) is 15.1 Å². The summed E-state index contributed by atoms with van der Waals surface area (Å²) in [5.74, 6) is 0.707. The van der Waals surface area contributed by atoms with E-state index in [-0.39, 0.29) is 5.91 Å². The van der Waals surface area contributed by atoms with E-state index in [2.05, 4.69) is 35.9 Å². The molecule has 0 radical (unpaired) electrons. The first kappa shape index (κ1) is 17.9. The van der Waals surface area contributed by atoms with Crippen LogP contribution in [0.15, 0.2) is 42.5 Å². The summed E-state index contributed by atoms with van der Waals surface area (Å²) in [5.41, 5.74) is 1.47. The second-order valence-electron chi connectivity index (χ2n) is 5.65. The summed E-state index contributed by atoms with van der Waals surface area (Å²) in [6.07, 6.45) is 1.88. The van der Waals surface area contributed by atoms with Gasteiger partial charge in [-0.2, -0.15) is 0 Å². The average molecular weight is 326 g/mol. The van der Waals surface area contributed by atoms with Crippen LogP contribution in [0.1, 0.15) is 44.1 Å². The third kappa shape index (κ3) is 4.31. The van der Waals surface area contributed by atoms with Crippen molar-refractivity contribution < 1.29 is 4.79 Å². The van der Waals surface area contributed by atoms with Crippen molar-refractivity contribution in [3.8, 4) is 0 Å². The van der Waals surface area contributed by atoms with E-state index in [4.69, 9.17) is 0 Å². The van der Waals surface area contributed by atoms with Crippen molar-refractivity contribution >= 4 is 17.4 Å². The third-order valence-electron chi connectivity index (χ3n) is 3.80. The van der Waals surface area contributed by atoms with Crippen molar-refractivity contribution in [3.05, 3.63) is 48.2 Å². The molecule has 1 heterocycles. The van der Waals surface area contributed by atoms with Gasteiger partial charge in [-0.15, -0.1) is 10.2 Å². The predicted octanol–water partition coefficient (Wildman–Crippen LogP) is 3.90. The lowest BCUT2D eigenvalue weighted by atomic mass is 10.2. The molecule has 0 fully saturated rings. The molecule has 0 N–H and O–H groups in total. The van der Waals surface area contributed by atoms with E-state index in [1.54, 1.807) is 6.07 Å². The molecular formula is C19H26N4O. The number of benzene rings is 1. The van der Waals surface area contributed by atoms with E-state index in [0.29, 0.717) is 5.69 Å². The van der Waals surface area contributed by atoms with Crippen LogP contribution in [-0.2, 0) is 0 Å². The number of anilines is 2. The molecule has 5 heteroatoms. The smallest absolute Gasteiger partial charge is 0.274 e. The Balaban J connectivity index is 2.18. The second kappa shape index (κ2) is 9.01. The lowest BCUT2D eigenvalue weighted by Gasteiger charge is -2.23. The molecule has 0 aliphatic rings. The van der Waals surface area contributed by atoms with Crippen LogP contribution in [0.25, 0.3) is 0 Å². The molecular weight excluding hydrogens is 300 g/mol. The van der Waals surface area contributed by atoms with Gasteiger partial charge in [-0.1, -0.05) is 32.0 Å². The summed E-state index contributed by atoms with van der Waals surface area (Å²) in [5, 5.41) is 8.45. The van der Waals surface area contributed by atoms with Gasteiger partial charge in [0.05, 0.1) is 0 Å². The van der Waals surface area contributed by atoms with Crippen LogP contribution in [0, 0.1) is 0 Å². The Morgan fingerprint density at radius 2 is 1.58 bits per heavy atom. The van der Waals surface area contributed by atoms with E-state index < -0.39 is 0 Å². The van der Waals surface area contributed by atoms with Crippen molar-refractivity contribution in [2.24, 2.45) is 0 Å². The number of hydrogen-bond acceptors (Lipinski definition) is 4. The molecule has 1 aromatic carbocycles. The SMILES string of the molecule is CCCN(CCC)C(=O)c1ccc(N(CC)c2ccccc2)nn1. The highest BCUT2D eigenvalue weighted by Crippen LogP contribution is 2.22. The largest absolute Gasteiger partial charge is 0.337 e. The molecule has 5 nitrogen and oxygen atoms in total. The lowest BCUT2D eigenvalue weighted by Crippen LogP contribution is -2.33. The highest BCUT2D eigenvalue weighted by Gasteiger charge is 2.17. The Bertz CT molecular complexity index is 622. The monoisotopic (exact) mass is 326 g/mol. The summed E-state index contributed by atoms with van der Waals surface area (Å²) in [4.78, 5) is 16.5. The van der Waals surface area contributed by atoms with Crippen molar-refractivity contribution in [2.45, 2.75) is 33.6 Å².